The van der Waals surface area contributed by atoms with Crippen molar-refractivity contribution in [3.05, 3.63) is 42.2 Å². The van der Waals surface area contributed by atoms with Crippen LogP contribution in [0, 0.1) is 0 Å². The van der Waals surface area contributed by atoms with Gasteiger partial charge in [-0.15, -0.1) is 0 Å². The molecule has 13 heavy (non-hydrogen) atoms. The Labute approximate surface area is 75.9 Å². The number of rotatable bonds is 1. The molecule has 2 aromatic rings. The van der Waals surface area contributed by atoms with Crippen molar-refractivity contribution >= 4 is 17.0 Å². The third kappa shape index (κ3) is 1.49. The van der Waals surface area contributed by atoms with Crippen molar-refractivity contribution in [1.82, 2.24) is 4.98 Å². The molecular weight excluding hydrogens is 162 g/mol. The predicted octanol–water partition coefficient (Wildman–Crippen LogP) is 1.53. The van der Waals surface area contributed by atoms with E-state index in [1.54, 1.807) is 0 Å². The van der Waals surface area contributed by atoms with Crippen LogP contribution in [0.2, 0.25) is 0 Å². The molecule has 0 aliphatic heterocycles. The summed E-state index contributed by atoms with van der Waals surface area (Å²) in [6.07, 6.45) is 3.35. The molecule has 2 N–H and O–H groups in total. The highest BCUT2D eigenvalue weighted by molar-refractivity contribution is 5.87. The van der Waals surface area contributed by atoms with E-state index in [-0.39, 0.29) is 0 Å². The Bertz CT molecular complexity index is 449. The van der Waals surface area contributed by atoms with Crippen molar-refractivity contribution in [3.8, 4) is 0 Å². The molecule has 3 heteroatoms. The van der Waals surface area contributed by atoms with Crippen LogP contribution in [0.1, 0.15) is 5.69 Å². The largest absolute Gasteiger partial charge is 0.323 e. The molecular formula is C10H9N3. The van der Waals surface area contributed by atoms with Crippen molar-refractivity contribution in [2.24, 2.45) is 10.9 Å². The molecule has 1 aromatic carbocycles. The van der Waals surface area contributed by atoms with Crippen LogP contribution in [0.25, 0.3) is 10.8 Å². The predicted molar refractivity (Wildman–Crippen MR) is 53.5 cm³/mol. The first kappa shape index (κ1) is 7.73. The molecule has 0 saturated carbocycles. The Hall–Kier alpha value is -1.90. The van der Waals surface area contributed by atoms with E-state index in [4.69, 9.17) is 5.84 Å². The van der Waals surface area contributed by atoms with E-state index >= 15 is 0 Å². The molecule has 0 spiro atoms. The molecule has 0 radical (unpaired) electrons. The molecule has 0 amide bonds. The standard InChI is InChI=1S/C10H9N3/c11-13-7-10-5-8-3-1-2-4-9(8)6-12-10/h1-7H,11H2. The second-order valence-corrected chi connectivity index (χ2v) is 2.73. The molecule has 64 valence electrons. The second kappa shape index (κ2) is 3.23. The van der Waals surface area contributed by atoms with Gasteiger partial charge >= 0.3 is 0 Å². The highest BCUT2D eigenvalue weighted by Gasteiger charge is 1.93. The molecule has 0 aliphatic rings. The second-order valence-electron chi connectivity index (χ2n) is 2.73. The highest BCUT2D eigenvalue weighted by Crippen LogP contribution is 2.11. The minimum atomic E-state index is 0.779. The van der Waals surface area contributed by atoms with E-state index in [1.165, 1.54) is 6.21 Å². The van der Waals surface area contributed by atoms with Gasteiger partial charge in [-0.25, -0.2) is 0 Å². The van der Waals surface area contributed by atoms with Gasteiger partial charge in [-0.2, -0.15) is 5.10 Å². The van der Waals surface area contributed by atoms with Gasteiger partial charge in [-0.3, -0.25) is 4.98 Å². The maximum atomic E-state index is 5.03. The Balaban J connectivity index is 2.62. The minimum Gasteiger partial charge on any atom is -0.323 e. The monoisotopic (exact) mass is 171 g/mol. The zero-order chi connectivity index (χ0) is 9.10. The summed E-state index contributed by atoms with van der Waals surface area (Å²) in [5.41, 5.74) is 0.779. The number of pyridine rings is 1. The first-order valence-electron chi connectivity index (χ1n) is 3.98. The van der Waals surface area contributed by atoms with Crippen LogP contribution in [0.4, 0.5) is 0 Å². The summed E-state index contributed by atoms with van der Waals surface area (Å²) in [6.45, 7) is 0. The van der Waals surface area contributed by atoms with E-state index in [0.29, 0.717) is 0 Å². The van der Waals surface area contributed by atoms with Crippen molar-refractivity contribution in [3.63, 3.8) is 0 Å². The van der Waals surface area contributed by atoms with Crippen LogP contribution in [0.5, 0.6) is 0 Å². The smallest absolute Gasteiger partial charge is 0.0836 e. The summed E-state index contributed by atoms with van der Waals surface area (Å²) < 4.78 is 0. The van der Waals surface area contributed by atoms with Gasteiger partial charge in [0.15, 0.2) is 0 Å². The molecule has 0 saturated heterocycles. The Morgan fingerprint density at radius 1 is 1.23 bits per heavy atom. The fourth-order valence-electron chi connectivity index (χ4n) is 1.25. The number of hydrazone groups is 1. The first-order chi connectivity index (χ1) is 6.40. The van der Waals surface area contributed by atoms with Crippen LogP contribution in [0.15, 0.2) is 41.6 Å². The van der Waals surface area contributed by atoms with E-state index < -0.39 is 0 Å². The average Bonchev–Trinajstić information content (AvgIpc) is 2.18. The first-order valence-corrected chi connectivity index (χ1v) is 3.98. The maximum Gasteiger partial charge on any atom is 0.0836 e. The number of aromatic nitrogens is 1. The summed E-state index contributed by atoms with van der Waals surface area (Å²) in [4.78, 5) is 4.17. The van der Waals surface area contributed by atoms with Crippen molar-refractivity contribution < 1.29 is 0 Å². The van der Waals surface area contributed by atoms with Crippen LogP contribution in [0.3, 0.4) is 0 Å². The fraction of sp³-hybridized carbons (Fsp3) is 0. The number of benzene rings is 1. The van der Waals surface area contributed by atoms with Gasteiger partial charge in [-0.05, 0) is 11.5 Å². The molecule has 2 rings (SSSR count). The lowest BCUT2D eigenvalue weighted by atomic mass is 10.1. The van der Waals surface area contributed by atoms with Gasteiger partial charge in [0.2, 0.25) is 0 Å². The van der Waals surface area contributed by atoms with Crippen molar-refractivity contribution in [1.29, 1.82) is 0 Å². The van der Waals surface area contributed by atoms with Gasteiger partial charge in [0.1, 0.15) is 0 Å². The zero-order valence-electron chi connectivity index (χ0n) is 7.01. The highest BCUT2D eigenvalue weighted by atomic mass is 15.1. The lowest BCUT2D eigenvalue weighted by molar-refractivity contribution is 1.24. The molecule has 0 bridgehead atoms. The molecule has 0 atom stereocenters. The van der Waals surface area contributed by atoms with E-state index in [1.807, 2.05) is 36.5 Å². The average molecular weight is 171 g/mol. The Morgan fingerprint density at radius 3 is 2.77 bits per heavy atom. The number of nitrogens with zero attached hydrogens (tertiary/aromatic N) is 2. The van der Waals surface area contributed by atoms with Gasteiger partial charge in [0.05, 0.1) is 11.9 Å². The van der Waals surface area contributed by atoms with Crippen LogP contribution >= 0.6 is 0 Å². The third-order valence-electron chi connectivity index (χ3n) is 1.86. The van der Waals surface area contributed by atoms with E-state index in [2.05, 4.69) is 10.1 Å². The van der Waals surface area contributed by atoms with Crippen LogP contribution < -0.4 is 5.84 Å². The topological polar surface area (TPSA) is 51.3 Å². The normalized spacial score (nSPS) is 11.1. The molecule has 0 aliphatic carbocycles. The summed E-state index contributed by atoms with van der Waals surface area (Å²) >= 11 is 0. The van der Waals surface area contributed by atoms with Crippen LogP contribution in [-0.4, -0.2) is 11.2 Å². The van der Waals surface area contributed by atoms with E-state index in [0.717, 1.165) is 16.5 Å². The molecule has 1 heterocycles. The Morgan fingerprint density at radius 2 is 2.00 bits per heavy atom. The number of hydrogen-bond donors (Lipinski definition) is 1. The summed E-state index contributed by atoms with van der Waals surface area (Å²) in [7, 11) is 0. The zero-order valence-corrected chi connectivity index (χ0v) is 7.01. The summed E-state index contributed by atoms with van der Waals surface area (Å²) in [5.74, 6) is 5.03. The summed E-state index contributed by atoms with van der Waals surface area (Å²) in [5, 5.41) is 5.69. The Kier molecular flexibility index (Phi) is 1.92. The number of fused-ring (bicyclic) bond motifs is 1. The van der Waals surface area contributed by atoms with Gasteiger partial charge in [0.25, 0.3) is 0 Å². The number of hydrogen-bond acceptors (Lipinski definition) is 3. The van der Waals surface area contributed by atoms with Crippen molar-refractivity contribution in [2.45, 2.75) is 0 Å². The SMILES string of the molecule is NN=Cc1cc2ccccc2cn1. The van der Waals surface area contributed by atoms with E-state index in [9.17, 15) is 0 Å². The lowest BCUT2D eigenvalue weighted by Crippen LogP contribution is -1.90. The van der Waals surface area contributed by atoms with Crippen LogP contribution in [-0.2, 0) is 0 Å². The van der Waals surface area contributed by atoms with Crippen molar-refractivity contribution in [2.75, 3.05) is 0 Å². The molecule has 3 nitrogen and oxygen atoms in total. The summed E-state index contributed by atoms with van der Waals surface area (Å²) in [6, 6.07) is 9.98. The van der Waals surface area contributed by atoms with Gasteiger partial charge in [-0.1, -0.05) is 24.3 Å². The maximum absolute atomic E-state index is 5.03. The fourth-order valence-corrected chi connectivity index (χ4v) is 1.25. The quantitative estimate of drug-likeness (QED) is 0.402. The molecule has 0 unspecified atom stereocenters. The minimum absolute atomic E-state index is 0.779. The lowest BCUT2D eigenvalue weighted by Gasteiger charge is -1.96. The number of nitrogens with two attached hydrogens (primary N) is 1. The molecule has 1 aromatic heterocycles. The van der Waals surface area contributed by atoms with Gasteiger partial charge in [0, 0.05) is 11.6 Å². The molecule has 0 fully saturated rings. The van der Waals surface area contributed by atoms with Gasteiger partial charge < -0.3 is 5.84 Å². The third-order valence-corrected chi connectivity index (χ3v) is 1.86.